The van der Waals surface area contributed by atoms with E-state index in [-0.39, 0.29) is 11.8 Å². The molecule has 0 aromatic heterocycles. The summed E-state index contributed by atoms with van der Waals surface area (Å²) in [6.45, 7) is 2.83. The van der Waals surface area contributed by atoms with Gasteiger partial charge in [-0.25, -0.2) is 0 Å². The molecule has 1 aliphatic carbocycles. The Kier molecular flexibility index (Phi) is 4.47. The van der Waals surface area contributed by atoms with Gasteiger partial charge in [-0.2, -0.15) is 0 Å². The first kappa shape index (κ1) is 16.8. The Hall–Kier alpha value is -2.66. The second-order valence-corrected chi connectivity index (χ2v) is 6.88. The molecule has 26 heavy (non-hydrogen) atoms. The summed E-state index contributed by atoms with van der Waals surface area (Å²) in [5, 5.41) is 6.94. The van der Waals surface area contributed by atoms with Gasteiger partial charge < -0.3 is 15.4 Å². The van der Waals surface area contributed by atoms with Gasteiger partial charge in [0.05, 0.1) is 23.9 Å². The first-order chi connectivity index (χ1) is 12.7. The number of carbonyl (C=O) groups excluding carboxylic acids is 1. The lowest BCUT2D eigenvalue weighted by Crippen LogP contribution is -2.43. The van der Waals surface area contributed by atoms with Crippen LogP contribution in [0.1, 0.15) is 47.3 Å². The number of hydrogen-bond donors (Lipinski definition) is 2. The van der Waals surface area contributed by atoms with Crippen LogP contribution in [-0.2, 0) is 0 Å². The van der Waals surface area contributed by atoms with Gasteiger partial charge in [0.1, 0.15) is 5.75 Å². The average molecular weight is 364 g/mol. The van der Waals surface area contributed by atoms with Gasteiger partial charge in [-0.1, -0.05) is 49.7 Å². The minimum atomic E-state index is -0.284. The van der Waals surface area contributed by atoms with E-state index < -0.39 is 0 Å². The van der Waals surface area contributed by atoms with Crippen molar-refractivity contribution >= 4 is 28.8 Å². The summed E-state index contributed by atoms with van der Waals surface area (Å²) in [7, 11) is 0. The summed E-state index contributed by atoms with van der Waals surface area (Å²) in [6, 6.07) is 15.2. The van der Waals surface area contributed by atoms with Crippen molar-refractivity contribution in [1.29, 1.82) is 0 Å². The van der Waals surface area contributed by atoms with Crippen molar-refractivity contribution in [3.63, 3.8) is 0 Å². The highest BCUT2D eigenvalue weighted by molar-refractivity contribution is 7.80. The monoisotopic (exact) mass is 364 g/mol. The zero-order valence-corrected chi connectivity index (χ0v) is 15.4. The molecule has 0 fully saturated rings. The quantitative estimate of drug-likeness (QED) is 0.621. The Labute approximate surface area is 158 Å². The molecule has 2 aromatic carbocycles. The largest absolute Gasteiger partial charge is 0.494 e. The molecule has 4 rings (SSSR count). The Balaban J connectivity index is 1.71. The SMILES string of the molecule is CCCCOc1cccc(C2NC(=S)NC3=C2C(=O)c2ccccc23)c1. The molecule has 1 aliphatic heterocycles. The van der Waals surface area contributed by atoms with Crippen LogP contribution in [0.25, 0.3) is 5.70 Å². The Bertz CT molecular complexity index is 920. The molecule has 0 saturated carbocycles. The van der Waals surface area contributed by atoms with Gasteiger partial charge >= 0.3 is 0 Å². The number of hydrogen-bond acceptors (Lipinski definition) is 3. The highest BCUT2D eigenvalue weighted by Crippen LogP contribution is 2.40. The third kappa shape index (κ3) is 2.88. The molecule has 2 N–H and O–H groups in total. The zero-order valence-electron chi connectivity index (χ0n) is 14.5. The van der Waals surface area contributed by atoms with Crippen LogP contribution < -0.4 is 15.4 Å². The molecule has 2 aliphatic rings. The van der Waals surface area contributed by atoms with E-state index in [1.807, 2.05) is 48.5 Å². The van der Waals surface area contributed by atoms with Gasteiger partial charge in [-0.05, 0) is 36.3 Å². The summed E-state index contributed by atoms with van der Waals surface area (Å²) in [5.74, 6) is 0.854. The van der Waals surface area contributed by atoms with Gasteiger partial charge in [0.2, 0.25) is 0 Å². The molecule has 0 saturated heterocycles. The van der Waals surface area contributed by atoms with Crippen molar-refractivity contribution < 1.29 is 9.53 Å². The number of ketones is 1. The number of ether oxygens (including phenoxy) is 1. The summed E-state index contributed by atoms with van der Waals surface area (Å²) < 4.78 is 5.83. The van der Waals surface area contributed by atoms with Gasteiger partial charge in [0.25, 0.3) is 0 Å². The molecule has 0 radical (unpaired) electrons. The van der Waals surface area contributed by atoms with Crippen molar-refractivity contribution in [1.82, 2.24) is 10.6 Å². The van der Waals surface area contributed by atoms with Crippen molar-refractivity contribution in [2.24, 2.45) is 0 Å². The van der Waals surface area contributed by atoms with Gasteiger partial charge in [-0.15, -0.1) is 0 Å². The predicted octanol–water partition coefficient (Wildman–Crippen LogP) is 3.99. The fraction of sp³-hybridized carbons (Fsp3) is 0.238. The van der Waals surface area contributed by atoms with E-state index >= 15 is 0 Å². The first-order valence-electron chi connectivity index (χ1n) is 8.87. The van der Waals surface area contributed by atoms with Crippen molar-refractivity contribution in [2.45, 2.75) is 25.8 Å². The van der Waals surface area contributed by atoms with Gasteiger partial charge in [0, 0.05) is 11.1 Å². The number of carbonyl (C=O) groups is 1. The van der Waals surface area contributed by atoms with Crippen LogP contribution in [0.5, 0.6) is 5.75 Å². The second-order valence-electron chi connectivity index (χ2n) is 6.47. The minimum absolute atomic E-state index is 0.0420. The van der Waals surface area contributed by atoms with E-state index in [0.29, 0.717) is 17.3 Å². The summed E-state index contributed by atoms with van der Waals surface area (Å²) in [6.07, 6.45) is 2.11. The lowest BCUT2D eigenvalue weighted by molar-refractivity contribution is 0.103. The molecule has 2 aromatic rings. The fourth-order valence-corrected chi connectivity index (χ4v) is 3.65. The van der Waals surface area contributed by atoms with Crippen LogP contribution in [-0.4, -0.2) is 17.5 Å². The van der Waals surface area contributed by atoms with Crippen LogP contribution in [0.3, 0.4) is 0 Å². The van der Waals surface area contributed by atoms with Crippen molar-refractivity contribution in [2.75, 3.05) is 6.61 Å². The molecule has 4 nitrogen and oxygen atoms in total. The van der Waals surface area contributed by atoms with E-state index in [1.165, 1.54) is 0 Å². The van der Waals surface area contributed by atoms with E-state index in [1.54, 1.807) is 0 Å². The Morgan fingerprint density at radius 3 is 2.73 bits per heavy atom. The number of unbranched alkanes of at least 4 members (excludes halogenated alkanes) is 1. The highest BCUT2D eigenvalue weighted by atomic mass is 32.1. The highest BCUT2D eigenvalue weighted by Gasteiger charge is 2.38. The van der Waals surface area contributed by atoms with Crippen LogP contribution >= 0.6 is 12.2 Å². The maximum atomic E-state index is 13.0. The van der Waals surface area contributed by atoms with Crippen LogP contribution in [0.4, 0.5) is 0 Å². The van der Waals surface area contributed by atoms with Gasteiger partial charge in [0.15, 0.2) is 10.9 Å². The Morgan fingerprint density at radius 1 is 1.12 bits per heavy atom. The molecular formula is C21H20N2O2S. The zero-order chi connectivity index (χ0) is 18.1. The van der Waals surface area contributed by atoms with E-state index in [0.717, 1.165) is 41.0 Å². The smallest absolute Gasteiger partial charge is 0.194 e. The molecule has 132 valence electrons. The first-order valence-corrected chi connectivity index (χ1v) is 9.28. The standard InChI is InChI=1S/C21H20N2O2S/c1-2-3-11-25-14-8-6-7-13(12-14)18-17-19(23-21(26)22-18)15-9-4-5-10-16(15)20(17)24/h4-10,12,18H,2-3,11H2,1H3,(H2,22,23,26). The van der Waals surface area contributed by atoms with Crippen molar-refractivity contribution in [3.8, 4) is 5.75 Å². The lowest BCUT2D eigenvalue weighted by Gasteiger charge is -2.28. The fourth-order valence-electron chi connectivity index (χ4n) is 3.43. The van der Waals surface area contributed by atoms with E-state index in [4.69, 9.17) is 17.0 Å². The van der Waals surface area contributed by atoms with Gasteiger partial charge in [-0.3, -0.25) is 4.79 Å². The summed E-state index contributed by atoms with van der Waals surface area (Å²) in [5.41, 5.74) is 4.13. The number of nitrogens with one attached hydrogen (secondary N) is 2. The minimum Gasteiger partial charge on any atom is -0.494 e. The van der Waals surface area contributed by atoms with Crippen LogP contribution in [0, 0.1) is 0 Å². The molecule has 0 amide bonds. The maximum absolute atomic E-state index is 13.0. The topological polar surface area (TPSA) is 50.4 Å². The second kappa shape index (κ2) is 6.92. The predicted molar refractivity (Wildman–Crippen MR) is 106 cm³/mol. The third-order valence-corrected chi connectivity index (χ3v) is 4.94. The van der Waals surface area contributed by atoms with Crippen LogP contribution in [0.2, 0.25) is 0 Å². The number of fused-ring (bicyclic) bond motifs is 2. The molecule has 5 heteroatoms. The number of Topliss-reactive ketones (excluding diaryl/α,β-unsaturated/α-hetero) is 1. The maximum Gasteiger partial charge on any atom is 0.194 e. The average Bonchev–Trinajstić information content (AvgIpc) is 2.94. The molecule has 1 heterocycles. The van der Waals surface area contributed by atoms with Crippen LogP contribution in [0.15, 0.2) is 54.1 Å². The Morgan fingerprint density at radius 2 is 1.92 bits per heavy atom. The number of benzene rings is 2. The van der Waals surface area contributed by atoms with E-state index in [9.17, 15) is 4.79 Å². The summed E-state index contributed by atoms with van der Waals surface area (Å²) >= 11 is 5.39. The molecule has 1 atom stereocenters. The number of rotatable bonds is 5. The molecule has 1 unspecified atom stereocenters. The molecule has 0 spiro atoms. The normalized spacial score (nSPS) is 18.1. The molecular weight excluding hydrogens is 344 g/mol. The molecule has 0 bridgehead atoms. The van der Waals surface area contributed by atoms with E-state index in [2.05, 4.69) is 17.6 Å². The summed E-state index contributed by atoms with van der Waals surface area (Å²) in [4.78, 5) is 13.0. The number of thiocarbonyl (C=S) groups is 1. The third-order valence-electron chi connectivity index (χ3n) is 4.72. The lowest BCUT2D eigenvalue weighted by atomic mass is 9.94. The van der Waals surface area contributed by atoms with Crippen molar-refractivity contribution in [3.05, 3.63) is 70.8 Å².